The Morgan fingerprint density at radius 2 is 2.17 bits per heavy atom. The zero-order chi connectivity index (χ0) is 13.7. The molecule has 102 valence electrons. The minimum Gasteiger partial charge on any atom is -0.395 e. The summed E-state index contributed by atoms with van der Waals surface area (Å²) in [5.41, 5.74) is 7.43. The van der Waals surface area contributed by atoms with Crippen LogP contribution < -0.4 is 5.73 Å². The maximum atomic E-state index is 12.4. The van der Waals surface area contributed by atoms with Gasteiger partial charge in [-0.25, -0.2) is 0 Å². The molecule has 3 N–H and O–H groups in total. The molecule has 0 radical (unpaired) electrons. The molecule has 1 amide bonds. The van der Waals surface area contributed by atoms with E-state index in [1.165, 1.54) is 0 Å². The highest BCUT2D eigenvalue weighted by molar-refractivity contribution is 5.97. The zero-order valence-corrected chi connectivity index (χ0v) is 11.8. The number of carbonyl (C=O) groups is 1. The average molecular weight is 252 g/mol. The summed E-state index contributed by atoms with van der Waals surface area (Å²) in [5, 5.41) is 6.78. The Morgan fingerprint density at radius 3 is 2.61 bits per heavy atom. The summed E-state index contributed by atoms with van der Waals surface area (Å²) in [5.74, 6) is -0.0698. The molecular weight excluding hydrogens is 228 g/mol. The van der Waals surface area contributed by atoms with Gasteiger partial charge < -0.3 is 10.6 Å². The number of anilines is 1. The minimum absolute atomic E-state index is 0.0698. The van der Waals surface area contributed by atoms with Gasteiger partial charge in [0.15, 0.2) is 5.69 Å². The molecule has 0 saturated carbocycles. The monoisotopic (exact) mass is 252 g/mol. The molecule has 1 unspecified atom stereocenters. The fraction of sp³-hybridized carbons (Fsp3) is 0.692. The number of aryl methyl sites for hydroxylation is 1. The lowest BCUT2D eigenvalue weighted by atomic mass is 10.1. The molecule has 1 atom stereocenters. The lowest BCUT2D eigenvalue weighted by Crippen LogP contribution is -2.39. The number of unbranched alkanes of at least 4 members (excludes halogenated alkanes) is 1. The first-order valence-corrected chi connectivity index (χ1v) is 6.64. The van der Waals surface area contributed by atoms with Gasteiger partial charge in [-0.3, -0.25) is 9.89 Å². The Balaban J connectivity index is 2.91. The van der Waals surface area contributed by atoms with Crippen LogP contribution in [0.2, 0.25) is 0 Å². The smallest absolute Gasteiger partial charge is 0.276 e. The number of amides is 1. The average Bonchev–Trinajstić information content (AvgIpc) is 2.69. The summed E-state index contributed by atoms with van der Waals surface area (Å²) >= 11 is 0. The van der Waals surface area contributed by atoms with Crippen molar-refractivity contribution in [2.24, 2.45) is 0 Å². The van der Waals surface area contributed by atoms with Crippen molar-refractivity contribution in [3.8, 4) is 0 Å². The second-order valence-electron chi connectivity index (χ2n) is 4.72. The zero-order valence-electron chi connectivity index (χ0n) is 11.8. The number of nitrogens with zero attached hydrogens (tertiary/aromatic N) is 2. The fourth-order valence-corrected chi connectivity index (χ4v) is 1.81. The predicted octanol–water partition coefficient (Wildman–Crippen LogP) is 2.34. The first-order chi connectivity index (χ1) is 8.52. The quantitative estimate of drug-likeness (QED) is 0.816. The van der Waals surface area contributed by atoms with Gasteiger partial charge in [0.25, 0.3) is 5.91 Å². The van der Waals surface area contributed by atoms with Gasteiger partial charge in [-0.15, -0.1) is 0 Å². The number of aromatic amines is 1. The fourth-order valence-electron chi connectivity index (χ4n) is 1.81. The molecule has 0 spiro atoms. The van der Waals surface area contributed by atoms with Crippen molar-refractivity contribution in [1.29, 1.82) is 0 Å². The molecule has 5 nitrogen and oxygen atoms in total. The Bertz CT molecular complexity index is 400. The van der Waals surface area contributed by atoms with Crippen molar-refractivity contribution in [2.75, 3.05) is 12.3 Å². The Kier molecular flexibility index (Phi) is 5.19. The van der Waals surface area contributed by atoms with Crippen LogP contribution in [-0.2, 0) is 0 Å². The van der Waals surface area contributed by atoms with E-state index in [2.05, 4.69) is 31.0 Å². The van der Waals surface area contributed by atoms with Crippen LogP contribution in [0.5, 0.6) is 0 Å². The van der Waals surface area contributed by atoms with E-state index in [9.17, 15) is 4.79 Å². The lowest BCUT2D eigenvalue weighted by Gasteiger charge is -2.28. The third-order valence-corrected chi connectivity index (χ3v) is 3.33. The SMILES string of the molecule is CCCCN(C(=O)c1n[nH]c(C)c1N)C(C)CC. The van der Waals surface area contributed by atoms with Gasteiger partial charge in [-0.2, -0.15) is 5.10 Å². The van der Waals surface area contributed by atoms with Gasteiger partial charge in [0.2, 0.25) is 0 Å². The van der Waals surface area contributed by atoms with Gasteiger partial charge >= 0.3 is 0 Å². The van der Waals surface area contributed by atoms with Crippen LogP contribution in [-0.4, -0.2) is 33.6 Å². The van der Waals surface area contributed by atoms with E-state index in [0.717, 1.165) is 31.5 Å². The highest BCUT2D eigenvalue weighted by Gasteiger charge is 2.24. The summed E-state index contributed by atoms with van der Waals surface area (Å²) in [7, 11) is 0. The summed E-state index contributed by atoms with van der Waals surface area (Å²) in [6.45, 7) is 8.83. The normalized spacial score (nSPS) is 12.4. The topological polar surface area (TPSA) is 75.0 Å². The molecule has 0 aliphatic heterocycles. The molecule has 0 fully saturated rings. The van der Waals surface area contributed by atoms with Crippen molar-refractivity contribution >= 4 is 11.6 Å². The second kappa shape index (κ2) is 6.42. The Labute approximate surface area is 109 Å². The molecule has 0 saturated heterocycles. The number of carbonyl (C=O) groups excluding carboxylic acids is 1. The van der Waals surface area contributed by atoms with Gasteiger partial charge in [0.1, 0.15) is 0 Å². The molecule has 0 aromatic carbocycles. The first kappa shape index (κ1) is 14.5. The molecule has 18 heavy (non-hydrogen) atoms. The van der Waals surface area contributed by atoms with E-state index < -0.39 is 0 Å². The van der Waals surface area contributed by atoms with E-state index >= 15 is 0 Å². The second-order valence-corrected chi connectivity index (χ2v) is 4.72. The number of hydrogen-bond acceptors (Lipinski definition) is 3. The number of nitrogen functional groups attached to an aromatic ring is 1. The van der Waals surface area contributed by atoms with E-state index in [0.29, 0.717) is 11.4 Å². The van der Waals surface area contributed by atoms with Crippen molar-refractivity contribution in [3.05, 3.63) is 11.4 Å². The van der Waals surface area contributed by atoms with Crippen LogP contribution in [0.4, 0.5) is 5.69 Å². The van der Waals surface area contributed by atoms with Gasteiger partial charge in [-0.05, 0) is 26.7 Å². The summed E-state index contributed by atoms with van der Waals surface area (Å²) in [6.07, 6.45) is 2.99. The highest BCUT2D eigenvalue weighted by Crippen LogP contribution is 2.17. The van der Waals surface area contributed by atoms with Crippen molar-refractivity contribution < 1.29 is 4.79 Å². The summed E-state index contributed by atoms with van der Waals surface area (Å²) in [6, 6.07) is 0.209. The van der Waals surface area contributed by atoms with Crippen molar-refractivity contribution in [1.82, 2.24) is 15.1 Å². The van der Waals surface area contributed by atoms with Crippen LogP contribution >= 0.6 is 0 Å². The van der Waals surface area contributed by atoms with E-state index in [4.69, 9.17) is 5.73 Å². The van der Waals surface area contributed by atoms with Crippen LogP contribution in [0, 0.1) is 6.92 Å². The summed E-state index contributed by atoms with van der Waals surface area (Å²) < 4.78 is 0. The third-order valence-electron chi connectivity index (χ3n) is 3.33. The molecule has 0 bridgehead atoms. The molecule has 1 aromatic rings. The third kappa shape index (κ3) is 3.03. The van der Waals surface area contributed by atoms with E-state index in [1.807, 2.05) is 11.8 Å². The number of aromatic nitrogens is 2. The molecule has 1 aromatic heterocycles. The summed E-state index contributed by atoms with van der Waals surface area (Å²) in [4.78, 5) is 14.3. The number of rotatable bonds is 6. The van der Waals surface area contributed by atoms with E-state index in [-0.39, 0.29) is 11.9 Å². The molecule has 0 aliphatic carbocycles. The Morgan fingerprint density at radius 1 is 1.50 bits per heavy atom. The molecular formula is C13H24N4O. The van der Waals surface area contributed by atoms with Crippen LogP contribution in [0.3, 0.4) is 0 Å². The van der Waals surface area contributed by atoms with Gasteiger partial charge in [0, 0.05) is 12.6 Å². The molecule has 0 aliphatic rings. The van der Waals surface area contributed by atoms with Crippen LogP contribution in [0.1, 0.15) is 56.2 Å². The largest absolute Gasteiger partial charge is 0.395 e. The maximum absolute atomic E-state index is 12.4. The standard InChI is InChI=1S/C13H24N4O/c1-5-7-8-17(9(3)6-2)13(18)12-11(14)10(4)15-16-12/h9H,5-8,14H2,1-4H3,(H,15,16). The van der Waals surface area contributed by atoms with Crippen molar-refractivity contribution in [2.45, 2.75) is 53.0 Å². The molecule has 1 heterocycles. The Hall–Kier alpha value is -1.52. The number of hydrogen-bond donors (Lipinski definition) is 2. The first-order valence-electron chi connectivity index (χ1n) is 6.64. The van der Waals surface area contributed by atoms with Gasteiger partial charge in [0.05, 0.1) is 11.4 Å². The number of H-pyrrole nitrogens is 1. The minimum atomic E-state index is -0.0698. The maximum Gasteiger partial charge on any atom is 0.276 e. The molecule has 1 rings (SSSR count). The predicted molar refractivity (Wildman–Crippen MR) is 73.4 cm³/mol. The highest BCUT2D eigenvalue weighted by atomic mass is 16.2. The lowest BCUT2D eigenvalue weighted by molar-refractivity contribution is 0.0680. The van der Waals surface area contributed by atoms with Crippen LogP contribution in [0.15, 0.2) is 0 Å². The van der Waals surface area contributed by atoms with Crippen molar-refractivity contribution in [3.63, 3.8) is 0 Å². The number of nitrogens with two attached hydrogens (primary N) is 1. The molecule has 5 heteroatoms. The van der Waals surface area contributed by atoms with E-state index in [1.54, 1.807) is 0 Å². The number of nitrogens with one attached hydrogen (secondary N) is 1. The van der Waals surface area contributed by atoms with Crippen LogP contribution in [0.25, 0.3) is 0 Å². The van der Waals surface area contributed by atoms with Gasteiger partial charge in [-0.1, -0.05) is 20.3 Å².